The molecule has 0 saturated carbocycles. The molecule has 1 aromatic carbocycles. The Morgan fingerprint density at radius 1 is 1.18 bits per heavy atom. The quantitative estimate of drug-likeness (QED) is 0.558. The largest absolute Gasteiger partial charge is 0.454 e. The number of esters is 1. The molecule has 22 heavy (non-hydrogen) atoms. The van der Waals surface area contributed by atoms with Crippen molar-refractivity contribution in [3.63, 3.8) is 0 Å². The Hall–Kier alpha value is -2.37. The Balaban J connectivity index is 2.25. The highest BCUT2D eigenvalue weighted by molar-refractivity contribution is 5.96. The van der Waals surface area contributed by atoms with Gasteiger partial charge in [0.25, 0.3) is 11.8 Å². The summed E-state index contributed by atoms with van der Waals surface area (Å²) in [6, 6.07) is 7.03. The van der Waals surface area contributed by atoms with Crippen LogP contribution in [0.1, 0.15) is 35.7 Å². The first-order chi connectivity index (χ1) is 10.5. The van der Waals surface area contributed by atoms with Crippen molar-refractivity contribution in [1.82, 2.24) is 10.6 Å². The zero-order valence-corrected chi connectivity index (χ0v) is 13.0. The van der Waals surface area contributed by atoms with Crippen LogP contribution in [0, 0.1) is 6.92 Å². The van der Waals surface area contributed by atoms with Gasteiger partial charge in [0, 0.05) is 12.1 Å². The summed E-state index contributed by atoms with van der Waals surface area (Å²) in [4.78, 5) is 34.6. The zero-order valence-electron chi connectivity index (χ0n) is 13.0. The van der Waals surface area contributed by atoms with Crippen LogP contribution in [0.3, 0.4) is 0 Å². The first kappa shape index (κ1) is 17.7. The Labute approximate surface area is 130 Å². The average molecular weight is 306 g/mol. The van der Waals surface area contributed by atoms with Crippen molar-refractivity contribution in [2.75, 3.05) is 19.7 Å². The second-order valence-electron chi connectivity index (χ2n) is 4.92. The number of hydrogen-bond acceptors (Lipinski definition) is 4. The van der Waals surface area contributed by atoms with Crippen LogP contribution in [-0.2, 0) is 14.3 Å². The number of amides is 2. The lowest BCUT2D eigenvalue weighted by Crippen LogP contribution is -2.34. The SMILES string of the molecule is CCCCNC(=O)COC(=O)CNC(=O)c1cccc(C)c1. The van der Waals surface area contributed by atoms with Gasteiger partial charge in [0.05, 0.1) is 0 Å². The molecule has 0 bridgehead atoms. The summed E-state index contributed by atoms with van der Waals surface area (Å²) < 4.78 is 4.78. The van der Waals surface area contributed by atoms with E-state index in [9.17, 15) is 14.4 Å². The lowest BCUT2D eigenvalue weighted by molar-refractivity contribution is -0.147. The van der Waals surface area contributed by atoms with E-state index >= 15 is 0 Å². The molecular formula is C16H22N2O4. The average Bonchev–Trinajstić information content (AvgIpc) is 2.50. The summed E-state index contributed by atoms with van der Waals surface area (Å²) in [5.74, 6) is -1.34. The maximum atomic E-state index is 11.8. The van der Waals surface area contributed by atoms with Crippen molar-refractivity contribution >= 4 is 17.8 Å². The smallest absolute Gasteiger partial charge is 0.325 e. The van der Waals surface area contributed by atoms with E-state index in [4.69, 9.17) is 4.74 Å². The number of nitrogens with one attached hydrogen (secondary N) is 2. The number of ether oxygens (including phenoxy) is 1. The predicted molar refractivity (Wildman–Crippen MR) is 82.4 cm³/mol. The third-order valence-electron chi connectivity index (χ3n) is 2.89. The topological polar surface area (TPSA) is 84.5 Å². The molecule has 0 unspecified atom stereocenters. The molecule has 6 nitrogen and oxygen atoms in total. The summed E-state index contributed by atoms with van der Waals surface area (Å²) >= 11 is 0. The summed E-state index contributed by atoms with van der Waals surface area (Å²) in [6.07, 6.45) is 1.86. The summed E-state index contributed by atoms with van der Waals surface area (Å²) in [6.45, 7) is 3.86. The fraction of sp³-hybridized carbons (Fsp3) is 0.438. The van der Waals surface area contributed by atoms with Gasteiger partial charge in [-0.1, -0.05) is 31.0 Å². The van der Waals surface area contributed by atoms with Gasteiger partial charge in [-0.2, -0.15) is 0 Å². The maximum absolute atomic E-state index is 11.8. The van der Waals surface area contributed by atoms with Crippen LogP contribution in [0.5, 0.6) is 0 Å². The summed E-state index contributed by atoms with van der Waals surface area (Å²) in [5, 5.41) is 5.09. The molecule has 0 fully saturated rings. The Morgan fingerprint density at radius 2 is 1.95 bits per heavy atom. The fourth-order valence-corrected chi connectivity index (χ4v) is 1.69. The number of unbranched alkanes of at least 4 members (excludes halogenated alkanes) is 1. The maximum Gasteiger partial charge on any atom is 0.325 e. The molecule has 120 valence electrons. The van der Waals surface area contributed by atoms with Crippen molar-refractivity contribution in [2.45, 2.75) is 26.7 Å². The second kappa shape index (κ2) is 9.55. The van der Waals surface area contributed by atoms with E-state index in [-0.39, 0.29) is 25.0 Å². The molecule has 0 aliphatic rings. The molecule has 0 saturated heterocycles. The van der Waals surface area contributed by atoms with Crippen LogP contribution in [-0.4, -0.2) is 37.5 Å². The number of rotatable bonds is 8. The molecule has 2 amide bonds. The molecule has 0 spiro atoms. The van der Waals surface area contributed by atoms with Crippen LogP contribution in [0.2, 0.25) is 0 Å². The van der Waals surface area contributed by atoms with E-state index in [1.807, 2.05) is 19.9 Å². The van der Waals surface area contributed by atoms with Gasteiger partial charge in [-0.05, 0) is 25.5 Å². The monoisotopic (exact) mass is 306 g/mol. The molecule has 0 heterocycles. The lowest BCUT2D eigenvalue weighted by atomic mass is 10.1. The van der Waals surface area contributed by atoms with Crippen molar-refractivity contribution < 1.29 is 19.1 Å². The van der Waals surface area contributed by atoms with E-state index in [1.165, 1.54) is 0 Å². The fourth-order valence-electron chi connectivity index (χ4n) is 1.69. The minimum absolute atomic E-state index is 0.269. The van der Waals surface area contributed by atoms with Gasteiger partial charge in [-0.15, -0.1) is 0 Å². The van der Waals surface area contributed by atoms with Gasteiger partial charge in [-0.25, -0.2) is 0 Å². The van der Waals surface area contributed by atoms with E-state index in [1.54, 1.807) is 18.2 Å². The molecule has 1 rings (SSSR count). The van der Waals surface area contributed by atoms with Crippen LogP contribution >= 0.6 is 0 Å². The molecule has 0 aromatic heterocycles. The summed E-state index contributed by atoms with van der Waals surface area (Å²) in [5.41, 5.74) is 1.43. The van der Waals surface area contributed by atoms with Crippen molar-refractivity contribution in [2.24, 2.45) is 0 Å². The minimum atomic E-state index is -0.647. The Morgan fingerprint density at radius 3 is 2.64 bits per heavy atom. The highest BCUT2D eigenvalue weighted by Gasteiger charge is 2.10. The molecule has 0 aliphatic carbocycles. The third-order valence-corrected chi connectivity index (χ3v) is 2.89. The zero-order chi connectivity index (χ0) is 16.4. The molecule has 2 N–H and O–H groups in total. The van der Waals surface area contributed by atoms with Crippen LogP contribution in [0.4, 0.5) is 0 Å². The summed E-state index contributed by atoms with van der Waals surface area (Å²) in [7, 11) is 0. The van der Waals surface area contributed by atoms with E-state index in [2.05, 4.69) is 10.6 Å². The Kier molecular flexibility index (Phi) is 7.67. The van der Waals surface area contributed by atoms with E-state index < -0.39 is 5.97 Å². The molecule has 1 aromatic rings. The van der Waals surface area contributed by atoms with Gasteiger partial charge in [0.15, 0.2) is 6.61 Å². The molecule has 0 radical (unpaired) electrons. The van der Waals surface area contributed by atoms with Crippen molar-refractivity contribution in [1.29, 1.82) is 0 Å². The van der Waals surface area contributed by atoms with Gasteiger partial charge >= 0.3 is 5.97 Å². The normalized spacial score (nSPS) is 9.91. The van der Waals surface area contributed by atoms with Crippen molar-refractivity contribution in [3.8, 4) is 0 Å². The van der Waals surface area contributed by atoms with Gasteiger partial charge in [0.2, 0.25) is 0 Å². The van der Waals surface area contributed by atoms with E-state index in [0.29, 0.717) is 12.1 Å². The molecule has 6 heteroatoms. The molecule has 0 aliphatic heterocycles. The van der Waals surface area contributed by atoms with Crippen LogP contribution in [0.25, 0.3) is 0 Å². The Bertz CT molecular complexity index is 529. The molecule has 0 atom stereocenters. The molecular weight excluding hydrogens is 284 g/mol. The van der Waals surface area contributed by atoms with Crippen molar-refractivity contribution in [3.05, 3.63) is 35.4 Å². The number of carbonyl (C=O) groups excluding carboxylic acids is 3. The standard InChI is InChI=1S/C16H22N2O4/c1-3-4-8-17-14(19)11-22-15(20)10-18-16(21)13-7-5-6-12(2)9-13/h5-7,9H,3-4,8,10-11H2,1-2H3,(H,17,19)(H,18,21). The highest BCUT2D eigenvalue weighted by atomic mass is 16.5. The number of hydrogen-bond donors (Lipinski definition) is 2. The van der Waals surface area contributed by atoms with Gasteiger partial charge in [-0.3, -0.25) is 14.4 Å². The van der Waals surface area contributed by atoms with Crippen LogP contribution in [0.15, 0.2) is 24.3 Å². The van der Waals surface area contributed by atoms with Crippen LogP contribution < -0.4 is 10.6 Å². The number of benzene rings is 1. The number of aryl methyl sites for hydroxylation is 1. The predicted octanol–water partition coefficient (Wildman–Crippen LogP) is 1.18. The first-order valence-corrected chi connectivity index (χ1v) is 7.30. The third kappa shape index (κ3) is 6.88. The number of carbonyl (C=O) groups is 3. The lowest BCUT2D eigenvalue weighted by Gasteiger charge is -2.07. The minimum Gasteiger partial charge on any atom is -0.454 e. The van der Waals surface area contributed by atoms with E-state index in [0.717, 1.165) is 18.4 Å². The second-order valence-corrected chi connectivity index (χ2v) is 4.92. The van der Waals surface area contributed by atoms with Gasteiger partial charge < -0.3 is 15.4 Å². The first-order valence-electron chi connectivity index (χ1n) is 7.30. The highest BCUT2D eigenvalue weighted by Crippen LogP contribution is 2.03. The van der Waals surface area contributed by atoms with Gasteiger partial charge in [0.1, 0.15) is 6.54 Å².